The zero-order valence-corrected chi connectivity index (χ0v) is 32.7. The van der Waals surface area contributed by atoms with E-state index < -0.39 is 18.1 Å². The number of carbonyl (C=O) groups excluding carboxylic acids is 1. The second-order valence-electron chi connectivity index (χ2n) is 17.5. The molecule has 0 aliphatic carbocycles. The first-order chi connectivity index (χ1) is 23.6. The van der Waals surface area contributed by atoms with Crippen LogP contribution in [0, 0.1) is 23.2 Å². The van der Waals surface area contributed by atoms with Crippen LogP contribution in [0.15, 0.2) is 12.3 Å². The molecule has 0 spiro atoms. The largest absolute Gasteiger partial charge is 0.444 e. The van der Waals surface area contributed by atoms with Crippen LogP contribution < -0.4 is 21.3 Å². The molecule has 6 N–H and O–H groups in total. The number of aliphatic hydroxyl groups is 2. The summed E-state index contributed by atoms with van der Waals surface area (Å²) in [6, 6.07) is -0.165. The topological polar surface area (TPSA) is 137 Å². The molecule has 0 radical (unpaired) electrons. The van der Waals surface area contributed by atoms with Gasteiger partial charge in [0.2, 0.25) is 0 Å². The van der Waals surface area contributed by atoms with Crippen molar-refractivity contribution in [1.82, 2.24) is 40.9 Å². The number of carbonyl (C=O) groups is 1. The lowest BCUT2D eigenvalue weighted by molar-refractivity contribution is -0.128. The summed E-state index contributed by atoms with van der Waals surface area (Å²) >= 11 is 0. The Balaban J connectivity index is 1.55. The van der Waals surface area contributed by atoms with Gasteiger partial charge in [-0.25, -0.2) is 4.79 Å². The lowest BCUT2D eigenvalue weighted by atomic mass is 9.86. The van der Waals surface area contributed by atoms with E-state index in [0.29, 0.717) is 45.4 Å². The van der Waals surface area contributed by atoms with Crippen LogP contribution >= 0.6 is 0 Å². The van der Waals surface area contributed by atoms with Crippen LogP contribution in [0.3, 0.4) is 0 Å². The molecule has 3 fully saturated rings. The summed E-state index contributed by atoms with van der Waals surface area (Å²) in [6.07, 6.45) is 6.37. The van der Waals surface area contributed by atoms with Crippen LogP contribution in [0.25, 0.3) is 0 Å². The van der Waals surface area contributed by atoms with Crippen LogP contribution in [-0.4, -0.2) is 151 Å². The van der Waals surface area contributed by atoms with Crippen molar-refractivity contribution >= 4 is 6.09 Å². The van der Waals surface area contributed by atoms with E-state index in [2.05, 4.69) is 82.9 Å². The van der Waals surface area contributed by atoms with E-state index in [-0.39, 0.29) is 47.6 Å². The maximum absolute atomic E-state index is 13.7. The van der Waals surface area contributed by atoms with Crippen molar-refractivity contribution < 1.29 is 24.5 Å². The Morgan fingerprint density at radius 2 is 1.80 bits per heavy atom. The standard InChI is InChI=1S/C37H72N8O5/c1-26(2)23-45(33(47)29-22-40-34(36(3,4)5)41-31(29)39-15-12-20-49-9)28-21-27(24-44(25-28)35(48)50-37(6,7)8)32(46)43-18-16-42(17-19-43)30-13-10-11-14-38-30/h11,14,26-34,38-41,46-47H,10,12-13,15-25H2,1-9H3/t27-,28+,29?,30?,31?,32?,33?,34?/m1/s1. The van der Waals surface area contributed by atoms with Gasteiger partial charge >= 0.3 is 6.09 Å². The molecule has 4 aliphatic heterocycles. The van der Waals surface area contributed by atoms with Crippen LogP contribution in [-0.2, 0) is 9.47 Å². The Bertz CT molecular complexity index is 1060. The molecule has 0 saturated carbocycles. The summed E-state index contributed by atoms with van der Waals surface area (Å²) in [7, 11) is 1.72. The summed E-state index contributed by atoms with van der Waals surface area (Å²) in [6.45, 7) is 23.5. The lowest BCUT2D eigenvalue weighted by Gasteiger charge is -2.51. The van der Waals surface area contributed by atoms with E-state index >= 15 is 0 Å². The molecule has 8 atom stereocenters. The van der Waals surface area contributed by atoms with Crippen LogP contribution in [0.4, 0.5) is 4.79 Å². The Morgan fingerprint density at radius 1 is 1.08 bits per heavy atom. The van der Waals surface area contributed by atoms with Gasteiger partial charge in [0.1, 0.15) is 18.1 Å². The molecule has 6 unspecified atom stereocenters. The van der Waals surface area contributed by atoms with E-state index in [1.807, 2.05) is 20.8 Å². The molecule has 0 aromatic carbocycles. The quantitative estimate of drug-likeness (QED) is 0.124. The van der Waals surface area contributed by atoms with Crippen molar-refractivity contribution in [3.8, 4) is 0 Å². The molecule has 1 amide bonds. The third-order valence-corrected chi connectivity index (χ3v) is 10.6. The van der Waals surface area contributed by atoms with Gasteiger partial charge in [0.15, 0.2) is 0 Å². The maximum atomic E-state index is 13.7. The minimum absolute atomic E-state index is 0.0178. The first-order valence-electron chi connectivity index (χ1n) is 19.3. The summed E-state index contributed by atoms with van der Waals surface area (Å²) in [4.78, 5) is 22.3. The van der Waals surface area contributed by atoms with Gasteiger partial charge in [-0.1, -0.05) is 40.7 Å². The van der Waals surface area contributed by atoms with Crippen LogP contribution in [0.1, 0.15) is 81.1 Å². The van der Waals surface area contributed by atoms with E-state index in [1.54, 1.807) is 12.0 Å². The number of aliphatic hydroxyl groups excluding tert-OH is 2. The smallest absolute Gasteiger partial charge is 0.410 e. The first-order valence-corrected chi connectivity index (χ1v) is 19.3. The fourth-order valence-electron chi connectivity index (χ4n) is 7.93. The number of hydrogen-bond acceptors (Lipinski definition) is 12. The molecule has 4 heterocycles. The second-order valence-corrected chi connectivity index (χ2v) is 17.5. The fraction of sp³-hybridized carbons (Fsp3) is 0.919. The highest BCUT2D eigenvalue weighted by atomic mass is 16.6. The fourth-order valence-corrected chi connectivity index (χ4v) is 7.93. The highest BCUT2D eigenvalue weighted by molar-refractivity contribution is 5.68. The van der Waals surface area contributed by atoms with Crippen molar-refractivity contribution in [3.63, 3.8) is 0 Å². The number of piperazine rings is 1. The van der Waals surface area contributed by atoms with Gasteiger partial charge in [0.25, 0.3) is 0 Å². The van der Waals surface area contributed by atoms with Crippen LogP contribution in [0.5, 0.6) is 0 Å². The number of likely N-dealkylation sites (tertiary alicyclic amines) is 1. The molecule has 0 bridgehead atoms. The number of methoxy groups -OCH3 is 1. The molecular weight excluding hydrogens is 636 g/mol. The summed E-state index contributed by atoms with van der Waals surface area (Å²) in [5.74, 6) is -0.0751. The zero-order chi connectivity index (χ0) is 36.6. The van der Waals surface area contributed by atoms with Gasteiger partial charge in [-0.3, -0.25) is 20.0 Å². The summed E-state index contributed by atoms with van der Waals surface area (Å²) < 4.78 is 11.2. The molecule has 290 valence electrons. The van der Waals surface area contributed by atoms with E-state index in [0.717, 1.165) is 52.0 Å². The molecule has 13 heteroatoms. The number of ether oxygens (including phenoxy) is 2. The summed E-state index contributed by atoms with van der Waals surface area (Å²) in [5.41, 5.74) is -0.658. The van der Waals surface area contributed by atoms with Crippen molar-refractivity contribution in [2.24, 2.45) is 23.2 Å². The first kappa shape index (κ1) is 41.2. The predicted octanol–water partition coefficient (Wildman–Crippen LogP) is 2.18. The Morgan fingerprint density at radius 3 is 2.40 bits per heavy atom. The highest BCUT2D eigenvalue weighted by Gasteiger charge is 2.45. The van der Waals surface area contributed by atoms with Crippen molar-refractivity contribution in [3.05, 3.63) is 12.3 Å². The normalized spacial score (nSPS) is 30.4. The molecule has 3 saturated heterocycles. The van der Waals surface area contributed by atoms with Gasteiger partial charge in [0, 0.05) is 84.0 Å². The van der Waals surface area contributed by atoms with Gasteiger partial charge < -0.3 is 40.5 Å². The Kier molecular flexibility index (Phi) is 15.2. The third-order valence-electron chi connectivity index (χ3n) is 10.6. The van der Waals surface area contributed by atoms with Crippen molar-refractivity contribution in [2.75, 3.05) is 72.6 Å². The Labute approximate surface area is 302 Å². The number of allylic oxidation sites excluding steroid dienone is 1. The number of rotatable bonds is 13. The molecule has 13 nitrogen and oxygen atoms in total. The van der Waals surface area contributed by atoms with E-state index in [1.165, 1.54) is 0 Å². The van der Waals surface area contributed by atoms with Crippen LogP contribution in [0.2, 0.25) is 0 Å². The van der Waals surface area contributed by atoms with Crippen molar-refractivity contribution in [1.29, 1.82) is 0 Å². The molecule has 4 rings (SSSR count). The monoisotopic (exact) mass is 709 g/mol. The number of piperidine rings is 1. The maximum Gasteiger partial charge on any atom is 0.410 e. The second kappa shape index (κ2) is 18.5. The van der Waals surface area contributed by atoms with Gasteiger partial charge in [-0.15, -0.1) is 0 Å². The molecule has 0 aromatic heterocycles. The predicted molar refractivity (Wildman–Crippen MR) is 198 cm³/mol. The zero-order valence-electron chi connectivity index (χ0n) is 32.7. The lowest BCUT2D eigenvalue weighted by Crippen LogP contribution is -2.71. The SMILES string of the molecule is COCCCNC1NC(C(C)(C)C)NCC1C(O)N(CC(C)C)[C@H]1C[C@@H](C(O)N2CCN(C3CCC=CN3)CC2)CN(C(=O)OC(C)(C)C)C1. The van der Waals surface area contributed by atoms with Gasteiger partial charge in [-0.05, 0) is 70.5 Å². The molecular formula is C37H72N8O5. The summed E-state index contributed by atoms with van der Waals surface area (Å²) in [5, 5.41) is 39.0. The highest BCUT2D eigenvalue weighted by Crippen LogP contribution is 2.32. The number of nitrogens with zero attached hydrogens (tertiary/aromatic N) is 4. The Hall–Kier alpha value is -1.55. The third kappa shape index (κ3) is 11.7. The minimum atomic E-state index is -0.791. The number of nitrogens with one attached hydrogen (secondary N) is 4. The van der Waals surface area contributed by atoms with Gasteiger partial charge in [-0.2, -0.15) is 0 Å². The molecule has 0 aromatic rings. The van der Waals surface area contributed by atoms with E-state index in [9.17, 15) is 15.0 Å². The van der Waals surface area contributed by atoms with Gasteiger partial charge in [0.05, 0.1) is 18.5 Å². The molecule has 4 aliphatic rings. The van der Waals surface area contributed by atoms with E-state index in [4.69, 9.17) is 9.47 Å². The average Bonchev–Trinajstić information content (AvgIpc) is 3.07. The number of hydrogen-bond donors (Lipinski definition) is 6. The molecule has 50 heavy (non-hydrogen) atoms. The van der Waals surface area contributed by atoms with Crippen molar-refractivity contribution in [2.45, 2.75) is 124 Å². The average molecular weight is 709 g/mol. The number of amides is 1. The minimum Gasteiger partial charge on any atom is -0.444 e.